The lowest BCUT2D eigenvalue weighted by Gasteiger charge is -2.15. The van der Waals surface area contributed by atoms with Crippen LogP contribution in [0.25, 0.3) is 0 Å². The van der Waals surface area contributed by atoms with Gasteiger partial charge in [0, 0.05) is 37.0 Å². The third kappa shape index (κ3) is 3.80. The fourth-order valence-electron chi connectivity index (χ4n) is 2.62. The van der Waals surface area contributed by atoms with Gasteiger partial charge in [-0.1, -0.05) is 12.1 Å². The summed E-state index contributed by atoms with van der Waals surface area (Å²) in [7, 11) is 0. The number of carbonyl (C=O) groups excluding carboxylic acids is 1. The lowest BCUT2D eigenvalue weighted by Crippen LogP contribution is -2.27. The molecule has 0 aliphatic rings. The molecule has 0 spiro atoms. The number of aryl methyl sites for hydroxylation is 1. The number of hydrogen-bond acceptors (Lipinski definition) is 5. The maximum Gasteiger partial charge on any atom is 0.263 e. The van der Waals surface area contributed by atoms with Gasteiger partial charge in [0.25, 0.3) is 5.56 Å². The number of pyridine rings is 3. The Morgan fingerprint density at radius 1 is 1.12 bits per heavy atom. The number of aldehydes is 1. The van der Waals surface area contributed by atoms with E-state index in [2.05, 4.69) is 15.3 Å². The molecular weight excluding hydrogens is 316 g/mol. The van der Waals surface area contributed by atoms with Gasteiger partial charge in [0.15, 0.2) is 6.29 Å². The molecule has 0 radical (unpaired) electrons. The SMILES string of the molecule is Cc1cc(NCc2cccnc2)c(C=O)c(=O)n1Cc1cccnc1. The van der Waals surface area contributed by atoms with Crippen molar-refractivity contribution >= 4 is 12.0 Å². The van der Waals surface area contributed by atoms with Gasteiger partial charge in [-0.2, -0.15) is 0 Å². The molecule has 6 nitrogen and oxygen atoms in total. The Morgan fingerprint density at radius 2 is 1.80 bits per heavy atom. The van der Waals surface area contributed by atoms with E-state index in [1.807, 2.05) is 37.3 Å². The summed E-state index contributed by atoms with van der Waals surface area (Å²) < 4.78 is 1.58. The predicted octanol–water partition coefficient (Wildman–Crippen LogP) is 2.42. The van der Waals surface area contributed by atoms with Crippen molar-refractivity contribution in [3.05, 3.63) is 87.9 Å². The Morgan fingerprint density at radius 3 is 2.40 bits per heavy atom. The fourth-order valence-corrected chi connectivity index (χ4v) is 2.62. The number of hydrogen-bond donors (Lipinski definition) is 1. The Bertz CT molecular complexity index is 921. The molecule has 0 unspecified atom stereocenters. The molecule has 0 aliphatic carbocycles. The van der Waals surface area contributed by atoms with Crippen LogP contribution in [0.3, 0.4) is 0 Å². The van der Waals surface area contributed by atoms with Gasteiger partial charge in [-0.3, -0.25) is 19.6 Å². The Hall–Kier alpha value is -3.28. The van der Waals surface area contributed by atoms with Crippen molar-refractivity contribution in [3.8, 4) is 0 Å². The van der Waals surface area contributed by atoms with Gasteiger partial charge < -0.3 is 9.88 Å². The molecule has 1 N–H and O–H groups in total. The van der Waals surface area contributed by atoms with E-state index in [-0.39, 0.29) is 11.1 Å². The predicted molar refractivity (Wildman–Crippen MR) is 95.7 cm³/mol. The van der Waals surface area contributed by atoms with Crippen LogP contribution in [-0.2, 0) is 13.1 Å². The standard InChI is InChI=1S/C19H18N4O2/c1-14-8-18(22-11-15-4-2-6-20-9-15)17(13-24)19(25)23(14)12-16-5-3-7-21-10-16/h2-10,13,22H,11-12H2,1H3. The van der Waals surface area contributed by atoms with Gasteiger partial charge in [-0.25, -0.2) is 0 Å². The van der Waals surface area contributed by atoms with Gasteiger partial charge in [0.05, 0.1) is 12.2 Å². The van der Waals surface area contributed by atoms with Crippen molar-refractivity contribution in [2.75, 3.05) is 5.32 Å². The minimum Gasteiger partial charge on any atom is -0.380 e. The molecule has 25 heavy (non-hydrogen) atoms. The van der Waals surface area contributed by atoms with Crippen LogP contribution in [0, 0.1) is 6.92 Å². The van der Waals surface area contributed by atoms with E-state index in [1.165, 1.54) is 0 Å². The molecule has 0 bridgehead atoms. The average molecular weight is 334 g/mol. The lowest BCUT2D eigenvalue weighted by atomic mass is 10.1. The normalized spacial score (nSPS) is 10.4. The van der Waals surface area contributed by atoms with E-state index in [9.17, 15) is 9.59 Å². The van der Waals surface area contributed by atoms with Gasteiger partial charge >= 0.3 is 0 Å². The molecule has 3 heterocycles. The quantitative estimate of drug-likeness (QED) is 0.701. The second kappa shape index (κ2) is 7.53. The molecule has 0 amide bonds. The van der Waals surface area contributed by atoms with E-state index in [4.69, 9.17) is 0 Å². The monoisotopic (exact) mass is 334 g/mol. The van der Waals surface area contributed by atoms with Gasteiger partial charge in [-0.05, 0) is 36.2 Å². The second-order valence-electron chi connectivity index (χ2n) is 5.70. The number of nitrogens with zero attached hydrogens (tertiary/aromatic N) is 3. The zero-order chi connectivity index (χ0) is 17.6. The molecule has 6 heteroatoms. The van der Waals surface area contributed by atoms with Crippen molar-refractivity contribution in [1.29, 1.82) is 0 Å². The Labute approximate surface area is 145 Å². The number of nitrogens with one attached hydrogen (secondary N) is 1. The smallest absolute Gasteiger partial charge is 0.263 e. The van der Waals surface area contributed by atoms with Crippen LogP contribution in [0.15, 0.2) is 59.9 Å². The van der Waals surface area contributed by atoms with Crippen molar-refractivity contribution < 1.29 is 4.79 Å². The topological polar surface area (TPSA) is 76.9 Å². The molecule has 0 atom stereocenters. The summed E-state index contributed by atoms with van der Waals surface area (Å²) in [5.74, 6) is 0. The molecule has 0 saturated carbocycles. The number of rotatable bonds is 6. The van der Waals surface area contributed by atoms with Crippen LogP contribution >= 0.6 is 0 Å². The van der Waals surface area contributed by atoms with E-state index >= 15 is 0 Å². The average Bonchev–Trinajstić information content (AvgIpc) is 2.65. The lowest BCUT2D eigenvalue weighted by molar-refractivity contribution is 0.112. The molecule has 0 fully saturated rings. The first-order valence-corrected chi connectivity index (χ1v) is 7.90. The number of carbonyl (C=O) groups is 1. The third-order valence-electron chi connectivity index (χ3n) is 3.93. The molecule has 3 aromatic heterocycles. The summed E-state index contributed by atoms with van der Waals surface area (Å²) in [5.41, 5.74) is 2.99. The zero-order valence-electron chi connectivity index (χ0n) is 13.8. The van der Waals surface area contributed by atoms with Crippen molar-refractivity contribution in [2.24, 2.45) is 0 Å². The van der Waals surface area contributed by atoms with Crippen LogP contribution in [0.1, 0.15) is 27.2 Å². The molecule has 0 aliphatic heterocycles. The Balaban J connectivity index is 1.90. The highest BCUT2D eigenvalue weighted by atomic mass is 16.1. The third-order valence-corrected chi connectivity index (χ3v) is 3.93. The molecule has 3 rings (SSSR count). The molecular formula is C19H18N4O2. The highest BCUT2D eigenvalue weighted by Crippen LogP contribution is 2.15. The maximum atomic E-state index is 12.7. The van der Waals surface area contributed by atoms with E-state index in [0.717, 1.165) is 16.8 Å². The zero-order valence-corrected chi connectivity index (χ0v) is 13.8. The molecule has 126 valence electrons. The van der Waals surface area contributed by atoms with E-state index in [0.29, 0.717) is 25.1 Å². The minimum absolute atomic E-state index is 0.124. The summed E-state index contributed by atoms with van der Waals surface area (Å²) in [4.78, 5) is 32.3. The van der Waals surface area contributed by atoms with Crippen LogP contribution in [-0.4, -0.2) is 20.8 Å². The van der Waals surface area contributed by atoms with Gasteiger partial charge in [0.2, 0.25) is 0 Å². The van der Waals surface area contributed by atoms with Gasteiger partial charge in [0.1, 0.15) is 5.56 Å². The summed E-state index contributed by atoms with van der Waals surface area (Å²) in [6.07, 6.45) is 7.43. The highest BCUT2D eigenvalue weighted by Gasteiger charge is 2.13. The fraction of sp³-hybridized carbons (Fsp3) is 0.158. The van der Waals surface area contributed by atoms with Crippen molar-refractivity contribution in [2.45, 2.75) is 20.0 Å². The van der Waals surface area contributed by atoms with E-state index in [1.54, 1.807) is 29.4 Å². The first kappa shape index (κ1) is 16.6. The second-order valence-corrected chi connectivity index (χ2v) is 5.70. The summed E-state index contributed by atoms with van der Waals surface area (Å²) >= 11 is 0. The van der Waals surface area contributed by atoms with Crippen LogP contribution in [0.5, 0.6) is 0 Å². The largest absolute Gasteiger partial charge is 0.380 e. The molecule has 0 saturated heterocycles. The van der Waals surface area contributed by atoms with Crippen LogP contribution < -0.4 is 10.9 Å². The number of aromatic nitrogens is 3. The first-order valence-electron chi connectivity index (χ1n) is 7.90. The van der Waals surface area contributed by atoms with E-state index < -0.39 is 0 Å². The number of anilines is 1. The first-order chi connectivity index (χ1) is 12.2. The summed E-state index contributed by atoms with van der Waals surface area (Å²) in [6.45, 7) is 2.71. The minimum atomic E-state index is -0.312. The maximum absolute atomic E-state index is 12.7. The van der Waals surface area contributed by atoms with Gasteiger partial charge in [-0.15, -0.1) is 0 Å². The van der Waals surface area contributed by atoms with Crippen LogP contribution in [0.2, 0.25) is 0 Å². The summed E-state index contributed by atoms with van der Waals surface area (Å²) in [6, 6.07) is 9.30. The molecule has 0 aromatic carbocycles. The van der Waals surface area contributed by atoms with Crippen molar-refractivity contribution in [3.63, 3.8) is 0 Å². The highest BCUT2D eigenvalue weighted by molar-refractivity contribution is 5.83. The van der Waals surface area contributed by atoms with Crippen LogP contribution in [0.4, 0.5) is 5.69 Å². The summed E-state index contributed by atoms with van der Waals surface area (Å²) in [5, 5.41) is 3.16. The Kier molecular flexibility index (Phi) is 4.99. The molecule has 3 aromatic rings. The van der Waals surface area contributed by atoms with Crippen molar-refractivity contribution in [1.82, 2.24) is 14.5 Å².